The van der Waals surface area contributed by atoms with Crippen molar-refractivity contribution in [2.45, 2.75) is 11.4 Å². The van der Waals surface area contributed by atoms with Crippen LogP contribution in [0.1, 0.15) is 0 Å². The number of H-pyrrole nitrogens is 1. The summed E-state index contributed by atoms with van der Waals surface area (Å²) in [5, 5.41) is 6.41. The summed E-state index contributed by atoms with van der Waals surface area (Å²) in [5.41, 5.74) is 1.51. The summed E-state index contributed by atoms with van der Waals surface area (Å²) in [7, 11) is -3.70. The number of hydrogen-bond acceptors (Lipinski definition) is 6. The van der Waals surface area contributed by atoms with E-state index in [0.717, 1.165) is 10.6 Å². The van der Waals surface area contributed by atoms with E-state index >= 15 is 0 Å². The van der Waals surface area contributed by atoms with Gasteiger partial charge < -0.3 is 4.42 Å². The molecule has 10 heteroatoms. The Balaban J connectivity index is 1.43. The van der Waals surface area contributed by atoms with Gasteiger partial charge in [0.1, 0.15) is 5.69 Å². The fourth-order valence-corrected chi connectivity index (χ4v) is 4.26. The first-order valence-electron chi connectivity index (χ1n) is 7.71. The number of thiophene rings is 1. The van der Waals surface area contributed by atoms with Crippen molar-refractivity contribution < 1.29 is 12.8 Å². The molecular formula is C16H14N4O4S2. The van der Waals surface area contributed by atoms with Gasteiger partial charge in [0.05, 0.1) is 21.8 Å². The Morgan fingerprint density at radius 3 is 2.96 bits per heavy atom. The SMILES string of the molecule is O=c1[nH]c2cc(S(=O)(=O)NCCn3ccc(-c4cccs4)n3)ccc2o1. The molecule has 3 aromatic heterocycles. The summed E-state index contributed by atoms with van der Waals surface area (Å²) in [6.45, 7) is 0.587. The van der Waals surface area contributed by atoms with Gasteiger partial charge in [0, 0.05) is 12.7 Å². The molecule has 0 unspecified atom stereocenters. The van der Waals surface area contributed by atoms with E-state index in [1.54, 1.807) is 16.0 Å². The van der Waals surface area contributed by atoms with Gasteiger partial charge in [0.15, 0.2) is 5.58 Å². The number of sulfonamides is 1. The first-order valence-corrected chi connectivity index (χ1v) is 10.1. The molecule has 134 valence electrons. The molecule has 0 aliphatic heterocycles. The Kier molecular flexibility index (Phi) is 4.23. The maximum absolute atomic E-state index is 12.4. The van der Waals surface area contributed by atoms with E-state index in [1.807, 2.05) is 29.8 Å². The largest absolute Gasteiger partial charge is 0.417 e. The number of hydrogen-bond donors (Lipinski definition) is 2. The van der Waals surface area contributed by atoms with Crippen molar-refractivity contribution in [3.8, 4) is 10.6 Å². The molecule has 0 aliphatic rings. The zero-order valence-electron chi connectivity index (χ0n) is 13.4. The Labute approximate surface area is 152 Å². The van der Waals surface area contributed by atoms with Crippen LogP contribution in [0.25, 0.3) is 21.7 Å². The summed E-state index contributed by atoms with van der Waals surface area (Å²) in [6, 6.07) is 10.0. The van der Waals surface area contributed by atoms with Crippen molar-refractivity contribution in [2.75, 3.05) is 6.54 Å². The molecule has 0 saturated carbocycles. The molecule has 0 fully saturated rings. The average Bonchev–Trinajstić information content (AvgIpc) is 3.33. The molecule has 2 N–H and O–H groups in total. The first-order chi connectivity index (χ1) is 12.5. The molecule has 0 amide bonds. The van der Waals surface area contributed by atoms with Gasteiger partial charge in [-0.3, -0.25) is 9.67 Å². The maximum Gasteiger partial charge on any atom is 0.417 e. The molecule has 1 aromatic carbocycles. The highest BCUT2D eigenvalue weighted by molar-refractivity contribution is 7.89. The number of oxazole rings is 1. The number of nitrogens with zero attached hydrogens (tertiary/aromatic N) is 2. The van der Waals surface area contributed by atoms with Crippen LogP contribution in [-0.2, 0) is 16.6 Å². The van der Waals surface area contributed by atoms with E-state index in [2.05, 4.69) is 14.8 Å². The van der Waals surface area contributed by atoms with Crippen LogP contribution < -0.4 is 10.5 Å². The predicted molar refractivity (Wildman–Crippen MR) is 97.6 cm³/mol. The Morgan fingerprint density at radius 2 is 2.15 bits per heavy atom. The van der Waals surface area contributed by atoms with Crippen molar-refractivity contribution in [2.24, 2.45) is 0 Å². The number of rotatable bonds is 6. The van der Waals surface area contributed by atoms with Gasteiger partial charge in [0.25, 0.3) is 0 Å². The van der Waals surface area contributed by atoms with Crippen LogP contribution in [0, 0.1) is 0 Å². The van der Waals surface area contributed by atoms with Gasteiger partial charge in [-0.25, -0.2) is 17.9 Å². The zero-order chi connectivity index (χ0) is 18.1. The van der Waals surface area contributed by atoms with E-state index in [-0.39, 0.29) is 11.4 Å². The third kappa shape index (κ3) is 3.34. The Hall–Kier alpha value is -2.69. The fraction of sp³-hybridized carbons (Fsp3) is 0.125. The highest BCUT2D eigenvalue weighted by Crippen LogP contribution is 2.22. The lowest BCUT2D eigenvalue weighted by Gasteiger charge is -2.07. The molecule has 3 heterocycles. The van der Waals surface area contributed by atoms with Crippen LogP contribution in [0.3, 0.4) is 0 Å². The molecule has 4 aromatic rings. The van der Waals surface area contributed by atoms with Crippen molar-refractivity contribution in [3.63, 3.8) is 0 Å². The van der Waals surface area contributed by atoms with Gasteiger partial charge in [-0.2, -0.15) is 5.10 Å². The topological polar surface area (TPSA) is 110 Å². The monoisotopic (exact) mass is 390 g/mol. The summed E-state index contributed by atoms with van der Waals surface area (Å²) < 4.78 is 33.9. The van der Waals surface area contributed by atoms with E-state index in [1.165, 1.54) is 18.2 Å². The van der Waals surface area contributed by atoms with Crippen LogP contribution >= 0.6 is 11.3 Å². The summed E-state index contributed by atoms with van der Waals surface area (Å²) in [6.07, 6.45) is 1.81. The predicted octanol–water partition coefficient (Wildman–Crippen LogP) is 2.02. The second-order valence-corrected chi connectivity index (χ2v) is 8.23. The minimum Gasteiger partial charge on any atom is -0.408 e. The van der Waals surface area contributed by atoms with E-state index in [4.69, 9.17) is 4.42 Å². The lowest BCUT2D eigenvalue weighted by molar-refractivity contribution is 0.555. The van der Waals surface area contributed by atoms with Crippen molar-refractivity contribution in [1.29, 1.82) is 0 Å². The quantitative estimate of drug-likeness (QED) is 0.523. The molecule has 26 heavy (non-hydrogen) atoms. The van der Waals surface area contributed by atoms with E-state index in [0.29, 0.717) is 17.6 Å². The lowest BCUT2D eigenvalue weighted by atomic mass is 10.3. The third-order valence-corrected chi connectivity index (χ3v) is 6.10. The molecule has 0 atom stereocenters. The molecule has 4 rings (SSSR count). The van der Waals surface area contributed by atoms with Crippen LogP contribution in [0.4, 0.5) is 0 Å². The first kappa shape index (κ1) is 16.8. The Bertz CT molecular complexity index is 1200. The number of fused-ring (bicyclic) bond motifs is 1. The summed E-state index contributed by atoms with van der Waals surface area (Å²) in [5.74, 6) is -0.622. The van der Waals surface area contributed by atoms with Crippen LogP contribution in [0.15, 0.2) is 62.1 Å². The molecule has 0 radical (unpaired) electrons. The Morgan fingerprint density at radius 1 is 1.27 bits per heavy atom. The number of aromatic nitrogens is 3. The van der Waals surface area contributed by atoms with Gasteiger partial charge in [-0.05, 0) is 35.7 Å². The zero-order valence-corrected chi connectivity index (χ0v) is 15.0. The van der Waals surface area contributed by atoms with Gasteiger partial charge >= 0.3 is 5.76 Å². The second kappa shape index (κ2) is 6.56. The second-order valence-electron chi connectivity index (χ2n) is 5.51. The normalized spacial score (nSPS) is 12.0. The molecule has 0 bridgehead atoms. The van der Waals surface area contributed by atoms with Crippen molar-refractivity contribution in [3.05, 3.63) is 58.5 Å². The number of aromatic amines is 1. The van der Waals surface area contributed by atoms with E-state index < -0.39 is 15.8 Å². The van der Waals surface area contributed by atoms with Gasteiger partial charge in [-0.15, -0.1) is 11.3 Å². The van der Waals surface area contributed by atoms with Crippen LogP contribution in [-0.4, -0.2) is 29.7 Å². The number of nitrogens with one attached hydrogen (secondary N) is 2. The molecule has 0 spiro atoms. The van der Waals surface area contributed by atoms with Crippen molar-refractivity contribution >= 4 is 32.5 Å². The highest BCUT2D eigenvalue weighted by atomic mass is 32.2. The minimum atomic E-state index is -3.70. The fourth-order valence-electron chi connectivity index (χ4n) is 2.52. The standard InChI is InChI=1S/C16H14N4O4S2/c21-16-18-13-10-11(3-4-14(13)24-16)26(22,23)17-6-8-20-7-5-12(19-20)15-2-1-9-25-15/h1-5,7,9-10,17H,6,8H2,(H,18,21). The average molecular weight is 390 g/mol. The maximum atomic E-state index is 12.4. The summed E-state index contributed by atoms with van der Waals surface area (Å²) >= 11 is 1.60. The molecule has 8 nitrogen and oxygen atoms in total. The molecule has 0 aliphatic carbocycles. The minimum absolute atomic E-state index is 0.0572. The summed E-state index contributed by atoms with van der Waals surface area (Å²) in [4.78, 5) is 14.7. The number of benzene rings is 1. The third-order valence-electron chi connectivity index (χ3n) is 3.75. The van der Waals surface area contributed by atoms with Crippen LogP contribution in [0.2, 0.25) is 0 Å². The lowest BCUT2D eigenvalue weighted by Crippen LogP contribution is -2.27. The van der Waals surface area contributed by atoms with E-state index in [9.17, 15) is 13.2 Å². The van der Waals surface area contributed by atoms with Gasteiger partial charge in [0.2, 0.25) is 10.0 Å². The van der Waals surface area contributed by atoms with Gasteiger partial charge in [-0.1, -0.05) is 6.07 Å². The smallest absolute Gasteiger partial charge is 0.408 e. The highest BCUT2D eigenvalue weighted by Gasteiger charge is 2.15. The molecular weight excluding hydrogens is 376 g/mol. The van der Waals surface area contributed by atoms with Crippen molar-refractivity contribution in [1.82, 2.24) is 19.5 Å². The molecule has 0 saturated heterocycles. The van der Waals surface area contributed by atoms with Crippen LogP contribution in [0.5, 0.6) is 0 Å².